The number of nitrogens with one attached hydrogen (secondary N) is 1. The predicted octanol–water partition coefficient (Wildman–Crippen LogP) is 2.98. The maximum absolute atomic E-state index is 12.3. The molecule has 0 aromatic carbocycles. The van der Waals surface area contributed by atoms with Gasteiger partial charge >= 0.3 is 0 Å². The quantitative estimate of drug-likeness (QED) is 0.822. The van der Waals surface area contributed by atoms with Crippen LogP contribution in [-0.4, -0.2) is 18.0 Å². The smallest absolute Gasteiger partial charge is 0.240 e. The fraction of sp³-hybridized carbons (Fsp3) is 0.938. The zero-order valence-corrected chi connectivity index (χ0v) is 12.4. The number of carbonyl (C=O) groups is 1. The zero-order chi connectivity index (χ0) is 13.7. The van der Waals surface area contributed by atoms with Gasteiger partial charge in [0.2, 0.25) is 5.91 Å². The van der Waals surface area contributed by atoms with Crippen molar-refractivity contribution < 1.29 is 4.79 Å². The molecule has 19 heavy (non-hydrogen) atoms. The Balaban J connectivity index is 1.71. The van der Waals surface area contributed by atoms with Gasteiger partial charge in [0.05, 0.1) is 5.54 Å². The molecule has 2 aliphatic carbocycles. The van der Waals surface area contributed by atoms with E-state index in [1.54, 1.807) is 0 Å². The van der Waals surface area contributed by atoms with Crippen LogP contribution >= 0.6 is 0 Å². The van der Waals surface area contributed by atoms with Gasteiger partial charge in [-0.3, -0.25) is 4.79 Å². The summed E-state index contributed by atoms with van der Waals surface area (Å²) in [6.45, 7) is 3.02. The Morgan fingerprint density at radius 3 is 2.63 bits per heavy atom. The minimum Gasteiger partial charge on any atom is -0.354 e. The van der Waals surface area contributed by atoms with E-state index >= 15 is 0 Å². The van der Waals surface area contributed by atoms with Crippen molar-refractivity contribution >= 4 is 5.91 Å². The summed E-state index contributed by atoms with van der Waals surface area (Å²) in [4.78, 5) is 12.3. The van der Waals surface area contributed by atoms with Crippen molar-refractivity contribution in [2.45, 2.75) is 76.7 Å². The Kier molecular flexibility index (Phi) is 5.26. The summed E-state index contributed by atoms with van der Waals surface area (Å²) < 4.78 is 0. The van der Waals surface area contributed by atoms with Crippen LogP contribution in [0.25, 0.3) is 0 Å². The Labute approximate surface area is 117 Å². The van der Waals surface area contributed by atoms with Gasteiger partial charge in [0, 0.05) is 6.54 Å². The number of hydrogen-bond donors (Lipinski definition) is 2. The number of nitrogens with two attached hydrogens (primary N) is 1. The summed E-state index contributed by atoms with van der Waals surface area (Å²) in [7, 11) is 0. The van der Waals surface area contributed by atoms with Crippen molar-refractivity contribution in [1.82, 2.24) is 5.32 Å². The molecule has 3 nitrogen and oxygen atoms in total. The lowest BCUT2D eigenvalue weighted by atomic mass is 9.76. The Bertz CT molecular complexity index is 299. The highest BCUT2D eigenvalue weighted by atomic mass is 16.2. The Hall–Kier alpha value is -0.570. The van der Waals surface area contributed by atoms with Crippen molar-refractivity contribution in [2.24, 2.45) is 17.6 Å². The molecular formula is C16H30N2O. The summed E-state index contributed by atoms with van der Waals surface area (Å²) >= 11 is 0. The summed E-state index contributed by atoms with van der Waals surface area (Å²) in [6.07, 6.45) is 12.0. The average molecular weight is 266 g/mol. The third-order valence-electron chi connectivity index (χ3n) is 5.05. The van der Waals surface area contributed by atoms with E-state index in [9.17, 15) is 4.79 Å². The van der Waals surface area contributed by atoms with Crippen LogP contribution in [0.2, 0.25) is 0 Å². The van der Waals surface area contributed by atoms with Gasteiger partial charge in [-0.15, -0.1) is 0 Å². The molecule has 2 unspecified atom stereocenters. The first-order valence-corrected chi connectivity index (χ1v) is 8.17. The average Bonchev–Trinajstić information content (AvgIpc) is 2.39. The zero-order valence-electron chi connectivity index (χ0n) is 12.4. The second-order valence-electron chi connectivity index (χ2n) is 6.91. The molecule has 0 aromatic heterocycles. The van der Waals surface area contributed by atoms with Gasteiger partial charge in [0.1, 0.15) is 0 Å². The van der Waals surface area contributed by atoms with E-state index in [4.69, 9.17) is 5.73 Å². The van der Waals surface area contributed by atoms with Crippen LogP contribution in [0, 0.1) is 11.8 Å². The van der Waals surface area contributed by atoms with Crippen LogP contribution in [0.1, 0.15) is 71.1 Å². The summed E-state index contributed by atoms with van der Waals surface area (Å²) in [5.41, 5.74) is 5.71. The maximum Gasteiger partial charge on any atom is 0.240 e. The SMILES string of the molecule is CC1CCCC(N)(C(=O)NCCC2CCCCC2)C1. The van der Waals surface area contributed by atoms with Crippen molar-refractivity contribution in [2.75, 3.05) is 6.54 Å². The standard InChI is InChI=1S/C16H30N2O/c1-13-6-5-10-16(17,12-13)15(19)18-11-9-14-7-3-2-4-8-14/h13-14H,2-12,17H2,1H3,(H,18,19). The molecule has 3 N–H and O–H groups in total. The minimum atomic E-state index is -0.593. The molecule has 0 radical (unpaired) electrons. The van der Waals surface area contributed by atoms with E-state index in [0.717, 1.165) is 38.1 Å². The molecule has 110 valence electrons. The molecule has 1 amide bonds. The van der Waals surface area contributed by atoms with E-state index < -0.39 is 5.54 Å². The van der Waals surface area contributed by atoms with E-state index in [2.05, 4.69) is 12.2 Å². The van der Waals surface area contributed by atoms with Gasteiger partial charge in [0.15, 0.2) is 0 Å². The van der Waals surface area contributed by atoms with E-state index in [0.29, 0.717) is 5.92 Å². The molecule has 0 spiro atoms. The lowest BCUT2D eigenvalue weighted by molar-refractivity contribution is -0.128. The molecule has 0 bridgehead atoms. The molecular weight excluding hydrogens is 236 g/mol. The molecule has 0 heterocycles. The van der Waals surface area contributed by atoms with Crippen LogP contribution in [0.3, 0.4) is 0 Å². The van der Waals surface area contributed by atoms with Gasteiger partial charge in [-0.1, -0.05) is 51.9 Å². The fourth-order valence-corrected chi connectivity index (χ4v) is 3.84. The number of rotatable bonds is 4. The highest BCUT2D eigenvalue weighted by molar-refractivity contribution is 5.86. The van der Waals surface area contributed by atoms with Gasteiger partial charge < -0.3 is 11.1 Å². The number of carbonyl (C=O) groups excluding carboxylic acids is 1. The van der Waals surface area contributed by atoms with Gasteiger partial charge in [-0.25, -0.2) is 0 Å². The fourth-order valence-electron chi connectivity index (χ4n) is 3.84. The van der Waals surface area contributed by atoms with Crippen LogP contribution in [0.4, 0.5) is 0 Å². The van der Waals surface area contributed by atoms with Crippen LogP contribution in [0.15, 0.2) is 0 Å². The van der Waals surface area contributed by atoms with Crippen LogP contribution < -0.4 is 11.1 Å². The third-order valence-corrected chi connectivity index (χ3v) is 5.05. The first-order valence-electron chi connectivity index (χ1n) is 8.17. The van der Waals surface area contributed by atoms with Crippen molar-refractivity contribution in [3.8, 4) is 0 Å². The Morgan fingerprint density at radius 2 is 1.95 bits per heavy atom. The molecule has 0 saturated heterocycles. The van der Waals surface area contributed by atoms with Gasteiger partial charge in [-0.05, 0) is 31.1 Å². The second kappa shape index (κ2) is 6.74. The first kappa shape index (κ1) is 14.8. The molecule has 0 aromatic rings. The minimum absolute atomic E-state index is 0.0925. The Morgan fingerprint density at radius 1 is 1.21 bits per heavy atom. The molecule has 0 aliphatic heterocycles. The van der Waals surface area contributed by atoms with E-state index in [1.165, 1.54) is 38.5 Å². The van der Waals surface area contributed by atoms with Gasteiger partial charge in [-0.2, -0.15) is 0 Å². The van der Waals surface area contributed by atoms with E-state index in [-0.39, 0.29) is 5.91 Å². The lowest BCUT2D eigenvalue weighted by Crippen LogP contribution is -2.56. The molecule has 2 fully saturated rings. The van der Waals surface area contributed by atoms with Crippen molar-refractivity contribution in [3.63, 3.8) is 0 Å². The second-order valence-corrected chi connectivity index (χ2v) is 6.91. The first-order chi connectivity index (χ1) is 9.10. The maximum atomic E-state index is 12.3. The van der Waals surface area contributed by atoms with Gasteiger partial charge in [0.25, 0.3) is 0 Å². The topological polar surface area (TPSA) is 55.1 Å². The highest BCUT2D eigenvalue weighted by Gasteiger charge is 2.37. The normalized spacial score (nSPS) is 33.1. The van der Waals surface area contributed by atoms with Crippen LogP contribution in [-0.2, 0) is 4.79 Å². The molecule has 2 saturated carbocycles. The molecule has 2 aliphatic rings. The molecule has 3 heteroatoms. The van der Waals surface area contributed by atoms with Crippen molar-refractivity contribution in [3.05, 3.63) is 0 Å². The lowest BCUT2D eigenvalue weighted by Gasteiger charge is -2.35. The molecule has 2 atom stereocenters. The number of hydrogen-bond acceptors (Lipinski definition) is 2. The summed E-state index contributed by atoms with van der Waals surface area (Å²) in [5.74, 6) is 1.51. The molecule has 2 rings (SSSR count). The number of amides is 1. The van der Waals surface area contributed by atoms with Crippen LogP contribution in [0.5, 0.6) is 0 Å². The summed E-state index contributed by atoms with van der Waals surface area (Å²) in [5, 5.41) is 3.10. The highest BCUT2D eigenvalue weighted by Crippen LogP contribution is 2.30. The van der Waals surface area contributed by atoms with Crippen molar-refractivity contribution in [1.29, 1.82) is 0 Å². The third kappa shape index (κ3) is 4.20. The summed E-state index contributed by atoms with van der Waals surface area (Å²) in [6, 6.07) is 0. The van der Waals surface area contributed by atoms with E-state index in [1.807, 2.05) is 0 Å². The predicted molar refractivity (Wildman–Crippen MR) is 78.8 cm³/mol. The monoisotopic (exact) mass is 266 g/mol. The largest absolute Gasteiger partial charge is 0.354 e.